The van der Waals surface area contributed by atoms with Crippen LogP contribution in [-0.4, -0.2) is 60.7 Å². The fourth-order valence-corrected chi connectivity index (χ4v) is 5.02. The highest BCUT2D eigenvalue weighted by atomic mass is 19.1. The quantitative estimate of drug-likeness (QED) is 0.121. The smallest absolute Gasteiger partial charge is 0.412 e. The second-order valence-corrected chi connectivity index (χ2v) is 10.5. The van der Waals surface area contributed by atoms with Crippen LogP contribution in [0.1, 0.15) is 109 Å². The first-order valence-corrected chi connectivity index (χ1v) is 14.7. The monoisotopic (exact) mass is 561 g/mol. The number of halogens is 1. The number of ether oxygens (including phenoxy) is 2. The Morgan fingerprint density at radius 2 is 1.73 bits per heavy atom. The van der Waals surface area contributed by atoms with Crippen molar-refractivity contribution in [2.24, 2.45) is 0 Å². The topological polar surface area (TPSA) is 132 Å². The van der Waals surface area contributed by atoms with E-state index in [1.54, 1.807) is 0 Å². The number of hydrogen-bond acceptors (Lipinski definition) is 8. The third kappa shape index (κ3) is 8.85. The van der Waals surface area contributed by atoms with E-state index >= 15 is 0 Å². The van der Waals surface area contributed by atoms with Gasteiger partial charge < -0.3 is 19.7 Å². The number of terminal acetylenes is 1. The van der Waals surface area contributed by atoms with Crippen LogP contribution in [0.3, 0.4) is 0 Å². The molecule has 3 atom stereocenters. The van der Waals surface area contributed by atoms with Gasteiger partial charge in [-0.3, -0.25) is 9.88 Å². The first-order valence-electron chi connectivity index (χ1n) is 14.7. The van der Waals surface area contributed by atoms with Crippen LogP contribution < -0.4 is 5.32 Å². The molecule has 2 aromatic heterocycles. The fraction of sp³-hybridized carbons (Fsp3) is 0.724. The van der Waals surface area contributed by atoms with Gasteiger partial charge in [-0.05, 0) is 6.42 Å². The maximum absolute atomic E-state index is 14.2. The molecule has 11 heteroatoms. The van der Waals surface area contributed by atoms with Gasteiger partial charge in [-0.2, -0.15) is 14.4 Å². The second-order valence-electron chi connectivity index (χ2n) is 10.5. The number of fused-ring (bicyclic) bond motifs is 1. The van der Waals surface area contributed by atoms with Crippen molar-refractivity contribution in [1.82, 2.24) is 19.5 Å². The Labute approximate surface area is 236 Å². The van der Waals surface area contributed by atoms with Gasteiger partial charge in [0, 0.05) is 6.42 Å². The number of imidazole rings is 1. The number of carbonyl (C=O) groups excluding carboxylic acids is 1. The van der Waals surface area contributed by atoms with E-state index < -0.39 is 36.7 Å². The molecule has 10 nitrogen and oxygen atoms in total. The van der Waals surface area contributed by atoms with Gasteiger partial charge in [0.2, 0.25) is 0 Å². The van der Waals surface area contributed by atoms with Crippen molar-refractivity contribution in [1.29, 1.82) is 0 Å². The summed E-state index contributed by atoms with van der Waals surface area (Å²) in [5.41, 5.74) is -1.42. The second kappa shape index (κ2) is 16.5. The number of nitrogens with one attached hydrogen (secondary N) is 1. The van der Waals surface area contributed by atoms with Crippen LogP contribution in [0.2, 0.25) is 0 Å². The Morgan fingerprint density at radius 3 is 2.27 bits per heavy atom. The summed E-state index contributed by atoms with van der Waals surface area (Å²) < 4.78 is 26.6. The summed E-state index contributed by atoms with van der Waals surface area (Å²) in [4.78, 5) is 23.9. The van der Waals surface area contributed by atoms with Crippen molar-refractivity contribution in [2.75, 3.05) is 18.5 Å². The summed E-state index contributed by atoms with van der Waals surface area (Å²) in [6, 6.07) is 0. The molecule has 0 bridgehead atoms. The van der Waals surface area contributed by atoms with E-state index in [2.05, 4.69) is 33.1 Å². The summed E-state index contributed by atoms with van der Waals surface area (Å²) >= 11 is 0. The minimum atomic E-state index is -1.58. The Kier molecular flexibility index (Phi) is 13.0. The number of aliphatic hydroxyl groups is 2. The Balaban J connectivity index is 1.35. The maximum atomic E-state index is 14.2. The van der Waals surface area contributed by atoms with E-state index in [9.17, 15) is 19.4 Å². The number of amides is 1. The van der Waals surface area contributed by atoms with E-state index in [4.69, 9.17) is 15.9 Å². The molecule has 3 N–H and O–H groups in total. The molecule has 1 aliphatic heterocycles. The lowest BCUT2D eigenvalue weighted by molar-refractivity contribution is -0.0891. The molecule has 1 amide bonds. The summed E-state index contributed by atoms with van der Waals surface area (Å²) in [6.07, 6.45) is 20.3. The van der Waals surface area contributed by atoms with Crippen LogP contribution >= 0.6 is 0 Å². The first-order chi connectivity index (χ1) is 19.4. The van der Waals surface area contributed by atoms with E-state index in [0.29, 0.717) is 0 Å². The minimum absolute atomic E-state index is 0.0336. The largest absolute Gasteiger partial charge is 0.449 e. The highest BCUT2D eigenvalue weighted by Crippen LogP contribution is 2.37. The molecule has 1 unspecified atom stereocenters. The van der Waals surface area contributed by atoms with Gasteiger partial charge >= 0.3 is 12.2 Å². The Morgan fingerprint density at radius 1 is 1.12 bits per heavy atom. The van der Waals surface area contributed by atoms with Crippen LogP contribution in [0.15, 0.2) is 6.33 Å². The van der Waals surface area contributed by atoms with E-state index in [0.717, 1.165) is 19.3 Å². The number of carbonyl (C=O) groups is 1. The molecule has 0 aromatic carbocycles. The molecule has 1 fully saturated rings. The molecule has 40 heavy (non-hydrogen) atoms. The molecule has 1 saturated heterocycles. The van der Waals surface area contributed by atoms with Crippen molar-refractivity contribution in [3.8, 4) is 12.3 Å². The van der Waals surface area contributed by atoms with E-state index in [-0.39, 0.29) is 30.0 Å². The predicted molar refractivity (Wildman–Crippen MR) is 150 cm³/mol. The zero-order chi connectivity index (χ0) is 28.8. The summed E-state index contributed by atoms with van der Waals surface area (Å²) in [6.45, 7) is 1.91. The number of unbranched alkanes of at least 4 members (excludes halogenated alkanes) is 13. The van der Waals surface area contributed by atoms with E-state index in [1.807, 2.05) is 0 Å². The minimum Gasteiger partial charge on any atom is -0.449 e. The normalized spacial score (nSPS) is 20.6. The SMILES string of the molecule is C#C[C@]1(CO)OC(n2cnc3c(NC(=O)OCCCCCCCCCCCCCCCC)nc(F)nc32)C[C@@H]1O. The highest BCUT2D eigenvalue weighted by molar-refractivity contribution is 5.93. The van der Waals surface area contributed by atoms with Crippen molar-refractivity contribution in [3.63, 3.8) is 0 Å². The molecule has 222 valence electrons. The van der Waals surface area contributed by atoms with Crippen LogP contribution in [0.25, 0.3) is 11.2 Å². The average Bonchev–Trinajstić information content (AvgIpc) is 3.51. The van der Waals surface area contributed by atoms with Crippen LogP contribution in [-0.2, 0) is 9.47 Å². The molecule has 0 saturated carbocycles. The third-order valence-electron chi connectivity index (χ3n) is 7.44. The predicted octanol–water partition coefficient (Wildman–Crippen LogP) is 5.64. The van der Waals surface area contributed by atoms with Crippen LogP contribution in [0.5, 0.6) is 0 Å². The fourth-order valence-electron chi connectivity index (χ4n) is 5.02. The first kappa shape index (κ1) is 31.7. The van der Waals surface area contributed by atoms with Crippen molar-refractivity contribution in [2.45, 2.75) is 121 Å². The number of aromatic nitrogens is 4. The van der Waals surface area contributed by atoms with E-state index in [1.165, 1.54) is 81.5 Å². The zero-order valence-electron chi connectivity index (χ0n) is 23.6. The number of nitrogens with zero attached hydrogens (tertiary/aromatic N) is 4. The maximum Gasteiger partial charge on any atom is 0.412 e. The third-order valence-corrected chi connectivity index (χ3v) is 7.44. The molecular weight excluding hydrogens is 517 g/mol. The lowest BCUT2D eigenvalue weighted by atomic mass is 9.99. The van der Waals surface area contributed by atoms with Gasteiger partial charge in [-0.25, -0.2) is 9.78 Å². The number of anilines is 1. The number of aliphatic hydroxyl groups excluding tert-OH is 2. The molecule has 3 rings (SSSR count). The molecule has 0 radical (unpaired) electrons. The summed E-state index contributed by atoms with van der Waals surface area (Å²) in [7, 11) is 0. The Bertz CT molecular complexity index is 1110. The van der Waals surface area contributed by atoms with Gasteiger partial charge in [0.25, 0.3) is 0 Å². The van der Waals surface area contributed by atoms with Crippen LogP contribution in [0, 0.1) is 18.4 Å². The molecule has 0 aliphatic carbocycles. The number of rotatable bonds is 18. The van der Waals surface area contributed by atoms with Gasteiger partial charge in [0.15, 0.2) is 22.6 Å². The molecule has 3 heterocycles. The number of hydrogen-bond donors (Lipinski definition) is 3. The van der Waals surface area contributed by atoms with Crippen molar-refractivity contribution >= 4 is 23.1 Å². The van der Waals surface area contributed by atoms with Gasteiger partial charge in [-0.15, -0.1) is 6.42 Å². The molecule has 1 aliphatic rings. The Hall–Kier alpha value is -2.81. The average molecular weight is 562 g/mol. The summed E-state index contributed by atoms with van der Waals surface area (Å²) in [5.74, 6) is 2.14. The molecule has 2 aromatic rings. The van der Waals surface area contributed by atoms with Gasteiger partial charge in [0.05, 0.1) is 19.5 Å². The van der Waals surface area contributed by atoms with Crippen molar-refractivity contribution < 1.29 is 28.9 Å². The molecular formula is C29H44FN5O5. The lowest BCUT2D eigenvalue weighted by Gasteiger charge is -2.23. The standard InChI is InChI=1S/C29H44FN5O5/c1-3-5-6-7-8-9-10-11-12-13-14-15-16-17-18-39-28(38)33-25-24-26(34-27(30)32-25)35(21-31-24)23-19-22(37)29(4-2,20-36)40-23/h2,21-23,36-37H,3,5-20H2,1H3,(H,32,33,34,38)/t22-,23?,29+/m0/s1. The lowest BCUT2D eigenvalue weighted by Crippen LogP contribution is -2.41. The van der Waals surface area contributed by atoms with Gasteiger partial charge in [-0.1, -0.05) is 96.3 Å². The summed E-state index contributed by atoms with van der Waals surface area (Å²) in [5, 5.41) is 22.3. The highest BCUT2D eigenvalue weighted by Gasteiger charge is 2.47. The zero-order valence-corrected chi connectivity index (χ0v) is 23.6. The van der Waals surface area contributed by atoms with Crippen LogP contribution in [0.4, 0.5) is 15.0 Å². The van der Waals surface area contributed by atoms with Crippen molar-refractivity contribution in [3.05, 3.63) is 12.4 Å². The molecule has 0 spiro atoms. The van der Waals surface area contributed by atoms with Gasteiger partial charge in [0.1, 0.15) is 12.3 Å².